The lowest BCUT2D eigenvalue weighted by atomic mass is 10.1. The predicted molar refractivity (Wildman–Crippen MR) is 288 cm³/mol. The molecule has 0 radical (unpaired) electrons. The molecule has 0 aliphatic rings. The first-order chi connectivity index (χ1) is 32.6. The van der Waals surface area contributed by atoms with E-state index < -0.39 is 6.10 Å². The van der Waals surface area contributed by atoms with Crippen LogP contribution >= 0.6 is 0 Å². The molecule has 1 atom stereocenters. The molecule has 0 fully saturated rings. The summed E-state index contributed by atoms with van der Waals surface area (Å²) in [5.74, 6) is -0.477. The minimum Gasteiger partial charge on any atom is -0.462 e. The maximum absolute atomic E-state index is 12.8. The lowest BCUT2D eigenvalue weighted by molar-refractivity contribution is -0.163. The number of hydrogen-bond donors (Lipinski definition) is 0. The van der Waals surface area contributed by atoms with Crippen LogP contribution in [0.1, 0.15) is 252 Å². The van der Waals surface area contributed by atoms with E-state index in [1.807, 2.05) is 0 Å². The van der Waals surface area contributed by atoms with Crippen molar-refractivity contribution in [3.63, 3.8) is 0 Å². The highest BCUT2D eigenvalue weighted by Gasteiger charge is 2.17. The van der Waals surface area contributed by atoms with Gasteiger partial charge in [0.05, 0.1) is 6.61 Å². The van der Waals surface area contributed by atoms with Crippen LogP contribution in [0.2, 0.25) is 0 Å². The zero-order valence-corrected chi connectivity index (χ0v) is 43.4. The first-order valence-corrected chi connectivity index (χ1v) is 27.8. The van der Waals surface area contributed by atoms with Crippen molar-refractivity contribution in [2.75, 3.05) is 19.8 Å². The second-order valence-corrected chi connectivity index (χ2v) is 18.1. The molecule has 0 rings (SSSR count). The molecular weight excluding hydrogens is 813 g/mol. The zero-order chi connectivity index (χ0) is 47.7. The van der Waals surface area contributed by atoms with Crippen LogP contribution in [0.15, 0.2) is 97.2 Å². The fraction of sp³-hybridized carbons (Fsp3) is 0.705. The third-order valence-electron chi connectivity index (χ3n) is 11.6. The fourth-order valence-electron chi connectivity index (χ4n) is 7.45. The molecule has 0 spiro atoms. The number of hydrogen-bond acceptors (Lipinski definition) is 5. The van der Waals surface area contributed by atoms with Gasteiger partial charge in [0, 0.05) is 19.4 Å². The molecule has 0 aromatic rings. The fourth-order valence-corrected chi connectivity index (χ4v) is 7.45. The second-order valence-electron chi connectivity index (χ2n) is 18.1. The molecule has 0 aromatic heterocycles. The Bertz CT molecular complexity index is 1270. The molecule has 0 aliphatic carbocycles. The van der Waals surface area contributed by atoms with Crippen molar-refractivity contribution in [1.82, 2.24) is 0 Å². The summed E-state index contributed by atoms with van der Waals surface area (Å²) in [7, 11) is 0. The Hall–Kier alpha value is -3.18. The summed E-state index contributed by atoms with van der Waals surface area (Å²) in [4.78, 5) is 25.5. The highest BCUT2D eigenvalue weighted by molar-refractivity contribution is 5.70. The first kappa shape index (κ1) is 62.8. The normalized spacial score (nSPS) is 13.0. The molecule has 0 amide bonds. The van der Waals surface area contributed by atoms with E-state index in [1.54, 1.807) is 0 Å². The summed E-state index contributed by atoms with van der Waals surface area (Å²) >= 11 is 0. The van der Waals surface area contributed by atoms with Crippen molar-refractivity contribution < 1.29 is 23.8 Å². The minimum absolute atomic E-state index is 0.0462. The number of carbonyl (C=O) groups excluding carboxylic acids is 2. The van der Waals surface area contributed by atoms with Gasteiger partial charge in [-0.1, -0.05) is 221 Å². The van der Waals surface area contributed by atoms with Gasteiger partial charge < -0.3 is 14.2 Å². The highest BCUT2D eigenvalue weighted by Crippen LogP contribution is 2.13. The molecular formula is C61H104O5. The smallest absolute Gasteiger partial charge is 0.306 e. The van der Waals surface area contributed by atoms with E-state index in [4.69, 9.17) is 14.2 Å². The summed E-state index contributed by atoms with van der Waals surface area (Å²) in [6.07, 6.45) is 75.7. The van der Waals surface area contributed by atoms with Gasteiger partial charge >= 0.3 is 11.9 Å². The van der Waals surface area contributed by atoms with Crippen molar-refractivity contribution in [1.29, 1.82) is 0 Å². The van der Waals surface area contributed by atoms with Crippen LogP contribution in [0.4, 0.5) is 0 Å². The van der Waals surface area contributed by atoms with E-state index in [1.165, 1.54) is 128 Å². The van der Waals surface area contributed by atoms with E-state index in [0.717, 1.165) is 89.9 Å². The average molecular weight is 917 g/mol. The van der Waals surface area contributed by atoms with E-state index in [2.05, 4.69) is 118 Å². The lowest BCUT2D eigenvalue weighted by Crippen LogP contribution is -2.30. The molecule has 5 heteroatoms. The van der Waals surface area contributed by atoms with Crippen LogP contribution in [-0.2, 0) is 23.8 Å². The molecule has 0 aromatic carbocycles. The predicted octanol–water partition coefficient (Wildman–Crippen LogP) is 19.0. The molecule has 0 heterocycles. The summed E-state index contributed by atoms with van der Waals surface area (Å²) < 4.78 is 17.4. The number of allylic oxidation sites excluding steroid dienone is 16. The van der Waals surface area contributed by atoms with Crippen molar-refractivity contribution in [3.05, 3.63) is 97.2 Å². The summed E-state index contributed by atoms with van der Waals surface area (Å²) in [5, 5.41) is 0. The van der Waals surface area contributed by atoms with E-state index in [0.29, 0.717) is 19.4 Å². The van der Waals surface area contributed by atoms with Crippen LogP contribution in [0, 0.1) is 0 Å². The second kappa shape index (κ2) is 56.1. The van der Waals surface area contributed by atoms with Crippen LogP contribution in [-0.4, -0.2) is 37.9 Å². The van der Waals surface area contributed by atoms with Gasteiger partial charge in [0.25, 0.3) is 0 Å². The summed E-state index contributed by atoms with van der Waals surface area (Å²) in [5.41, 5.74) is 0. The third kappa shape index (κ3) is 53.4. The monoisotopic (exact) mass is 917 g/mol. The Morgan fingerprint density at radius 1 is 0.348 bits per heavy atom. The van der Waals surface area contributed by atoms with Crippen LogP contribution in [0.25, 0.3) is 0 Å². The number of esters is 2. The van der Waals surface area contributed by atoms with Crippen LogP contribution < -0.4 is 0 Å². The van der Waals surface area contributed by atoms with Gasteiger partial charge in [-0.15, -0.1) is 0 Å². The molecule has 66 heavy (non-hydrogen) atoms. The first-order valence-electron chi connectivity index (χ1n) is 27.8. The van der Waals surface area contributed by atoms with Crippen molar-refractivity contribution in [2.45, 2.75) is 258 Å². The van der Waals surface area contributed by atoms with Crippen LogP contribution in [0.3, 0.4) is 0 Å². The number of rotatable bonds is 50. The molecule has 0 N–H and O–H groups in total. The molecule has 378 valence electrons. The third-order valence-corrected chi connectivity index (χ3v) is 11.6. The van der Waals surface area contributed by atoms with Gasteiger partial charge in [-0.05, 0) is 116 Å². The summed E-state index contributed by atoms with van der Waals surface area (Å²) in [6.45, 7) is 7.61. The highest BCUT2D eigenvalue weighted by atomic mass is 16.6. The minimum atomic E-state index is -0.572. The Morgan fingerprint density at radius 2 is 0.697 bits per heavy atom. The molecule has 1 unspecified atom stereocenters. The number of carbonyl (C=O) groups is 2. The van der Waals surface area contributed by atoms with Gasteiger partial charge in [0.1, 0.15) is 6.61 Å². The van der Waals surface area contributed by atoms with Gasteiger partial charge in [0.15, 0.2) is 6.10 Å². The van der Waals surface area contributed by atoms with Gasteiger partial charge in [-0.2, -0.15) is 0 Å². The lowest BCUT2D eigenvalue weighted by Gasteiger charge is -2.18. The number of unbranched alkanes of at least 4 members (excludes halogenated alkanes) is 23. The average Bonchev–Trinajstić information content (AvgIpc) is 3.32. The van der Waals surface area contributed by atoms with E-state index in [-0.39, 0.29) is 25.2 Å². The topological polar surface area (TPSA) is 61.8 Å². The maximum atomic E-state index is 12.8. The SMILES string of the molecule is CC/C=C\C/C=C\C/C=C\C/C=C\C/C=C\CCCC(=O)OCC(COCCCCCCCCCC/C=C\C/C=C\CCCCC)OC(=O)CCCCCCC/C=C\CCCCCCCC. The van der Waals surface area contributed by atoms with Gasteiger partial charge in [-0.3, -0.25) is 9.59 Å². The molecule has 0 saturated carbocycles. The van der Waals surface area contributed by atoms with E-state index in [9.17, 15) is 9.59 Å². The van der Waals surface area contributed by atoms with Crippen molar-refractivity contribution >= 4 is 11.9 Å². The van der Waals surface area contributed by atoms with Crippen LogP contribution in [0.5, 0.6) is 0 Å². The zero-order valence-electron chi connectivity index (χ0n) is 43.4. The maximum Gasteiger partial charge on any atom is 0.306 e. The van der Waals surface area contributed by atoms with Crippen molar-refractivity contribution in [3.8, 4) is 0 Å². The molecule has 0 aliphatic heterocycles. The quantitative estimate of drug-likeness (QED) is 0.0346. The Kier molecular flexibility index (Phi) is 53.4. The summed E-state index contributed by atoms with van der Waals surface area (Å²) in [6, 6.07) is 0. The molecule has 0 saturated heterocycles. The largest absolute Gasteiger partial charge is 0.462 e. The Morgan fingerprint density at radius 3 is 1.18 bits per heavy atom. The molecule has 5 nitrogen and oxygen atoms in total. The van der Waals surface area contributed by atoms with Crippen molar-refractivity contribution in [2.24, 2.45) is 0 Å². The van der Waals surface area contributed by atoms with Gasteiger partial charge in [-0.25, -0.2) is 0 Å². The van der Waals surface area contributed by atoms with E-state index >= 15 is 0 Å². The Balaban J connectivity index is 4.39. The number of ether oxygens (including phenoxy) is 3. The standard InChI is InChI=1S/C61H104O5/c1-4-7-10-13-16-19-22-25-28-30-32-35-38-41-44-47-50-53-56-64-57-59(66-61(63)55-52-49-46-43-40-37-33-27-24-21-18-15-12-9-6-3)58-65-60(62)54-51-48-45-42-39-36-34-31-29-26-23-20-17-14-11-8-5-2/h8,11,16-17,19-20,25-29,33-34,36,42,45,59H,4-7,9-10,12-15,18,21-24,30-32,35,37-41,43-44,46-58H2,1-3H3/b11-8-,19-16-,20-17-,28-25-,29-26-,33-27-,36-34-,45-42-. The molecule has 0 bridgehead atoms. The Labute approximate surface area is 409 Å². The van der Waals surface area contributed by atoms with Gasteiger partial charge in [0.2, 0.25) is 0 Å².